The van der Waals surface area contributed by atoms with Crippen LogP contribution in [0.15, 0.2) is 120 Å². The van der Waals surface area contributed by atoms with Gasteiger partial charge in [0.1, 0.15) is 18.3 Å². The lowest BCUT2D eigenvalue weighted by Gasteiger charge is -2.45. The number of carbonyl (C=O) groups excluding carboxylic acids is 2. The van der Waals surface area contributed by atoms with Gasteiger partial charge in [0.2, 0.25) is 0 Å². The summed E-state index contributed by atoms with van der Waals surface area (Å²) in [6.07, 6.45) is 15.1. The number of carboxylic acids is 1. The van der Waals surface area contributed by atoms with E-state index in [4.69, 9.17) is 24.1 Å². The first-order chi connectivity index (χ1) is 28.1. The number of benzene rings is 2. The van der Waals surface area contributed by atoms with Crippen molar-refractivity contribution in [3.8, 4) is 0 Å². The van der Waals surface area contributed by atoms with Gasteiger partial charge in [-0.15, -0.1) is 0 Å². The molecule has 3 N–H and O–H groups in total. The van der Waals surface area contributed by atoms with Crippen LogP contribution in [-0.4, -0.2) is 64.2 Å². The van der Waals surface area contributed by atoms with Crippen LogP contribution in [0, 0.1) is 5.92 Å². The predicted octanol–water partition coefficient (Wildman–Crippen LogP) is 10.3. The lowest BCUT2D eigenvalue weighted by molar-refractivity contribution is -0.144. The van der Waals surface area contributed by atoms with Crippen molar-refractivity contribution in [2.45, 2.75) is 148 Å². The van der Waals surface area contributed by atoms with Gasteiger partial charge in [-0.25, -0.2) is 14.4 Å². The molecule has 2 aromatic carbocycles. The molecule has 0 bridgehead atoms. The van der Waals surface area contributed by atoms with Crippen LogP contribution in [0.1, 0.15) is 101 Å². The third-order valence-corrected chi connectivity index (χ3v) is 21.1. The number of hydrogen-bond acceptors (Lipinski definition) is 7. The summed E-state index contributed by atoms with van der Waals surface area (Å²) in [4.78, 5) is 37.5. The molecule has 1 heterocycles. The molecule has 0 spiro atoms. The molecule has 0 unspecified atom stereocenters. The summed E-state index contributed by atoms with van der Waals surface area (Å²) < 4.78 is 26.7. The number of carbonyl (C=O) groups is 3. The Kier molecular flexibility index (Phi) is 18.8. The van der Waals surface area contributed by atoms with Gasteiger partial charge < -0.3 is 29.2 Å². The first-order valence-electron chi connectivity index (χ1n) is 21.3. The van der Waals surface area contributed by atoms with Gasteiger partial charge in [0.25, 0.3) is 8.32 Å². The molecule has 0 radical (unpaired) electrons. The van der Waals surface area contributed by atoms with Crippen molar-refractivity contribution in [1.29, 1.82) is 0 Å². The molecule has 9 nitrogen and oxygen atoms in total. The van der Waals surface area contributed by atoms with E-state index in [9.17, 15) is 19.5 Å². The van der Waals surface area contributed by atoms with E-state index in [-0.39, 0.29) is 27.7 Å². The van der Waals surface area contributed by atoms with E-state index in [1.807, 2.05) is 80.6 Å². The molecule has 2 aromatic rings. The first-order valence-corrected chi connectivity index (χ1v) is 26.1. The Hall–Kier alpha value is -4.30. The van der Waals surface area contributed by atoms with Crippen LogP contribution in [-0.2, 0) is 27.9 Å². The summed E-state index contributed by atoms with van der Waals surface area (Å²) in [6.45, 7) is 23.1. The zero-order valence-electron chi connectivity index (χ0n) is 37.9. The third kappa shape index (κ3) is 14.7. The molecule has 0 fully saturated rings. The van der Waals surface area contributed by atoms with Gasteiger partial charge in [0.05, 0.1) is 6.10 Å². The molecule has 0 saturated heterocycles. The monoisotopic (exact) mass is 857 g/mol. The maximum Gasteiger partial charge on any atom is 0.404 e. The van der Waals surface area contributed by atoms with E-state index in [2.05, 4.69) is 85.0 Å². The summed E-state index contributed by atoms with van der Waals surface area (Å²) in [5, 5.41) is 11.3. The van der Waals surface area contributed by atoms with Crippen molar-refractivity contribution in [1.82, 2.24) is 0 Å². The van der Waals surface area contributed by atoms with Gasteiger partial charge in [-0.2, -0.15) is 0 Å². The van der Waals surface area contributed by atoms with Gasteiger partial charge in [0, 0.05) is 24.0 Å². The van der Waals surface area contributed by atoms with Gasteiger partial charge >= 0.3 is 18.0 Å². The van der Waals surface area contributed by atoms with Crippen LogP contribution in [0.4, 0.5) is 4.79 Å². The smallest absolute Gasteiger partial charge is 0.404 e. The minimum Gasteiger partial charge on any atom is -0.478 e. The Labute approximate surface area is 362 Å². The highest BCUT2D eigenvalue weighted by Crippen LogP contribution is 2.40. The van der Waals surface area contributed by atoms with Crippen molar-refractivity contribution in [3.63, 3.8) is 0 Å². The number of hydrogen-bond donors (Lipinski definition) is 2. The van der Waals surface area contributed by atoms with Gasteiger partial charge in [-0.1, -0.05) is 157 Å². The quantitative estimate of drug-likeness (QED) is 0.104. The number of primary amides is 1. The van der Waals surface area contributed by atoms with Crippen molar-refractivity contribution in [2.75, 3.05) is 0 Å². The zero-order valence-corrected chi connectivity index (χ0v) is 39.9. The maximum absolute atomic E-state index is 13.1. The Bertz CT molecular complexity index is 1810. The maximum atomic E-state index is 13.1. The van der Waals surface area contributed by atoms with Gasteiger partial charge in [0.15, 0.2) is 8.32 Å². The number of esters is 1. The number of aliphatic carboxylic acids is 1. The minimum atomic E-state index is -3.15. The second-order valence-corrected chi connectivity index (χ2v) is 27.6. The van der Waals surface area contributed by atoms with Crippen molar-refractivity contribution < 1.29 is 37.8 Å². The summed E-state index contributed by atoms with van der Waals surface area (Å²) >= 11 is 0. The fourth-order valence-corrected chi connectivity index (χ4v) is 13.2. The largest absolute Gasteiger partial charge is 0.478 e. The summed E-state index contributed by atoms with van der Waals surface area (Å²) in [6, 6.07) is 20.8. The first kappa shape index (κ1) is 50.1. The predicted molar refractivity (Wildman–Crippen MR) is 248 cm³/mol. The topological polar surface area (TPSA) is 134 Å². The molecule has 0 aromatic heterocycles. The second kappa shape index (κ2) is 22.5. The summed E-state index contributed by atoms with van der Waals surface area (Å²) in [5.41, 5.74) is 6.97. The highest BCUT2D eigenvalue weighted by atomic mass is 28.4. The number of rotatable bonds is 10. The average Bonchev–Trinajstić information content (AvgIpc) is 3.16. The molecule has 0 aliphatic carbocycles. The fraction of sp³-hybridized carbons (Fsp3) is 0.490. The molecule has 11 heteroatoms. The standard InChI is InChI=1S/C49H71NO8Si2/c1-36-24-16-12-22-30-42(56-47(50)54)43(58-60(49(7,8)9,40-26-18-14-19-27-40)41-28-20-15-21-29-41)33-32-39(57-59(10,11)48(4,5)6)25-17-13-23-31-45(51)55-44(34-36)37(2)35-38(3)46(52)53/h12,14-16,18-21,23-24,26-29,31-33,35,37,39,42-44H,13,17,22,25,30,34H2,1-11H3,(H2,50,54)(H,52,53)/b16-12+,31-23+,33-32+,36-24+,38-35+/t37-,39+,42+,43+,44-/m1/s1. The van der Waals surface area contributed by atoms with E-state index in [0.29, 0.717) is 32.1 Å². The van der Waals surface area contributed by atoms with Crippen LogP contribution >= 0.6 is 0 Å². The van der Waals surface area contributed by atoms with E-state index < -0.39 is 53.0 Å². The molecular formula is C49H71NO8Si2. The summed E-state index contributed by atoms with van der Waals surface area (Å²) in [7, 11) is -5.43. The van der Waals surface area contributed by atoms with E-state index in [1.54, 1.807) is 6.08 Å². The molecule has 5 atom stereocenters. The van der Waals surface area contributed by atoms with E-state index in [1.165, 1.54) is 13.0 Å². The number of allylic oxidation sites excluding steroid dienone is 4. The van der Waals surface area contributed by atoms with Crippen LogP contribution in [0.3, 0.4) is 0 Å². The highest BCUT2D eigenvalue weighted by Gasteiger charge is 2.52. The number of ether oxygens (including phenoxy) is 2. The third-order valence-electron chi connectivity index (χ3n) is 11.6. The average molecular weight is 858 g/mol. The van der Waals surface area contributed by atoms with Crippen molar-refractivity contribution in [2.24, 2.45) is 11.7 Å². The van der Waals surface area contributed by atoms with Crippen LogP contribution in [0.25, 0.3) is 0 Å². The molecule has 1 aliphatic rings. The molecule has 328 valence electrons. The van der Waals surface area contributed by atoms with Crippen LogP contribution in [0.2, 0.25) is 23.2 Å². The Balaban J connectivity index is 2.22. The van der Waals surface area contributed by atoms with E-state index in [0.717, 1.165) is 22.4 Å². The number of amides is 1. The lowest BCUT2D eigenvalue weighted by Crippen LogP contribution is -2.68. The fourth-order valence-electron chi connectivity index (χ4n) is 7.24. The summed E-state index contributed by atoms with van der Waals surface area (Å²) in [5.74, 6) is -1.83. The molecule has 1 amide bonds. The number of carboxylic acid groups (broad SMARTS) is 1. The van der Waals surface area contributed by atoms with Gasteiger partial charge in [-0.3, -0.25) is 0 Å². The Morgan fingerprint density at radius 2 is 1.48 bits per heavy atom. The van der Waals surface area contributed by atoms with Crippen molar-refractivity contribution >= 4 is 45.0 Å². The number of nitrogens with two attached hydrogens (primary N) is 1. The van der Waals surface area contributed by atoms with Crippen molar-refractivity contribution in [3.05, 3.63) is 120 Å². The SMILES string of the molecule is C/C1=C\C=C\CC[C@H](OC(N)=O)[C@@H](O[Si](c2ccccc2)(c2ccccc2)C(C)(C)C)/C=C/[C@@H](O[Si](C)(C)C(C)(C)C)CCC/C=C/C(=O)O[C@@H]([C@H](C)/C=C(\C)C(=O)O)C1. The lowest BCUT2D eigenvalue weighted by atomic mass is 9.95. The molecule has 1 aliphatic heterocycles. The van der Waals surface area contributed by atoms with E-state index >= 15 is 0 Å². The second-order valence-electron chi connectivity index (χ2n) is 18.6. The highest BCUT2D eigenvalue weighted by molar-refractivity contribution is 6.99. The molecule has 0 saturated carbocycles. The van der Waals surface area contributed by atoms with Crippen LogP contribution < -0.4 is 16.1 Å². The Morgan fingerprint density at radius 3 is 2.02 bits per heavy atom. The van der Waals surface area contributed by atoms with Crippen LogP contribution in [0.5, 0.6) is 0 Å². The molecular weight excluding hydrogens is 787 g/mol. The normalized spacial score (nSPS) is 24.1. The van der Waals surface area contributed by atoms with Gasteiger partial charge in [-0.05, 0) is 79.5 Å². The number of cyclic esters (lactones) is 1. The zero-order chi connectivity index (χ0) is 44.7. The minimum absolute atomic E-state index is 0.0544. The molecule has 3 rings (SSSR count). The molecule has 60 heavy (non-hydrogen) atoms. The Morgan fingerprint density at radius 1 is 0.883 bits per heavy atom.